The Morgan fingerprint density at radius 2 is 1.64 bits per heavy atom. The molecule has 0 radical (unpaired) electrons. The van der Waals surface area contributed by atoms with Gasteiger partial charge in [0.05, 0.1) is 6.04 Å². The number of aryl methyl sites for hydroxylation is 1. The molecule has 3 rings (SSSR count). The number of rotatable bonds is 8. The van der Waals surface area contributed by atoms with Crippen LogP contribution in [-0.2, 0) is 4.79 Å². The number of carbonyl (C=O) groups is 1. The van der Waals surface area contributed by atoms with Crippen LogP contribution in [0.25, 0.3) is 10.8 Å². The molecule has 1 N–H and O–H groups in total. The maximum absolute atomic E-state index is 12.6. The van der Waals surface area contributed by atoms with Crippen molar-refractivity contribution >= 4 is 16.7 Å². The van der Waals surface area contributed by atoms with E-state index in [0.29, 0.717) is 18.8 Å². The summed E-state index contributed by atoms with van der Waals surface area (Å²) >= 11 is 0. The molecule has 0 aliphatic heterocycles. The molecule has 0 saturated heterocycles. The number of ether oxygens (including phenoxy) is 2. The van der Waals surface area contributed by atoms with Crippen LogP contribution in [0.2, 0.25) is 0 Å². The van der Waals surface area contributed by atoms with Gasteiger partial charge in [0.1, 0.15) is 18.1 Å². The Hall–Kier alpha value is -3.01. The molecule has 3 aromatic carbocycles. The quantitative estimate of drug-likeness (QED) is 0.608. The van der Waals surface area contributed by atoms with Crippen molar-refractivity contribution < 1.29 is 14.3 Å². The Bertz CT molecular complexity index is 921. The number of carbonyl (C=O) groups excluding carboxylic acids is 1. The third kappa shape index (κ3) is 5.26. The monoisotopic (exact) mass is 377 g/mol. The molecule has 0 aliphatic rings. The predicted octanol–water partition coefficient (Wildman–Crippen LogP) is 4.89. The molecule has 0 spiro atoms. The van der Waals surface area contributed by atoms with Crippen LogP contribution in [0, 0.1) is 6.92 Å². The van der Waals surface area contributed by atoms with Gasteiger partial charge < -0.3 is 14.8 Å². The molecule has 0 aliphatic carbocycles. The number of benzene rings is 3. The summed E-state index contributed by atoms with van der Waals surface area (Å²) in [5, 5.41) is 5.22. The lowest BCUT2D eigenvalue weighted by molar-refractivity contribution is -0.128. The molecule has 0 aromatic heterocycles. The van der Waals surface area contributed by atoms with Gasteiger partial charge in [-0.3, -0.25) is 4.79 Å². The van der Waals surface area contributed by atoms with Gasteiger partial charge in [0.25, 0.3) is 5.91 Å². The molecule has 4 heteroatoms. The molecule has 0 unspecified atom stereocenters. The van der Waals surface area contributed by atoms with Crippen LogP contribution in [0.5, 0.6) is 11.5 Å². The Kier molecular flexibility index (Phi) is 6.53. The van der Waals surface area contributed by atoms with Gasteiger partial charge in [-0.1, -0.05) is 55.0 Å². The molecular formula is C24H27NO3. The Morgan fingerprint density at radius 1 is 0.964 bits per heavy atom. The molecular weight excluding hydrogens is 350 g/mol. The van der Waals surface area contributed by atoms with Gasteiger partial charge in [0, 0.05) is 0 Å². The summed E-state index contributed by atoms with van der Waals surface area (Å²) in [6.07, 6.45) is 0.0486. The van der Waals surface area contributed by atoms with E-state index in [1.807, 2.05) is 81.4 Å². The van der Waals surface area contributed by atoms with Crippen molar-refractivity contribution in [3.63, 3.8) is 0 Å². The summed E-state index contributed by atoms with van der Waals surface area (Å²) in [6.45, 7) is 6.31. The van der Waals surface area contributed by atoms with Crippen molar-refractivity contribution in [1.29, 1.82) is 0 Å². The van der Waals surface area contributed by atoms with Gasteiger partial charge in [-0.2, -0.15) is 0 Å². The first-order valence-corrected chi connectivity index (χ1v) is 9.70. The minimum absolute atomic E-state index is 0.122. The summed E-state index contributed by atoms with van der Waals surface area (Å²) in [5.41, 5.74) is 1.19. The highest BCUT2D eigenvalue weighted by atomic mass is 16.5. The molecule has 1 amide bonds. The Balaban J connectivity index is 1.55. The van der Waals surface area contributed by atoms with Crippen molar-refractivity contribution in [3.8, 4) is 11.5 Å². The van der Waals surface area contributed by atoms with Crippen LogP contribution in [0.4, 0.5) is 0 Å². The normalized spacial score (nSPS) is 13.0. The highest BCUT2D eigenvalue weighted by Crippen LogP contribution is 2.22. The van der Waals surface area contributed by atoms with E-state index < -0.39 is 6.10 Å². The van der Waals surface area contributed by atoms with Crippen LogP contribution in [0.15, 0.2) is 66.7 Å². The lowest BCUT2D eigenvalue weighted by atomic mass is 10.1. The van der Waals surface area contributed by atoms with Crippen LogP contribution in [0.1, 0.15) is 25.8 Å². The van der Waals surface area contributed by atoms with Crippen LogP contribution >= 0.6 is 0 Å². The average molecular weight is 377 g/mol. The first kappa shape index (κ1) is 19.7. The standard InChI is InChI=1S/C24H27NO3/c1-4-23(28-22-14-11-19-7-5-6-8-20(19)15-22)24(26)25-18(3)16-27-21-12-9-17(2)10-13-21/h5-15,18,23H,4,16H2,1-3H3,(H,25,26)/t18-,23-/m1/s1. The van der Waals surface area contributed by atoms with Gasteiger partial charge in [-0.15, -0.1) is 0 Å². The van der Waals surface area contributed by atoms with E-state index in [9.17, 15) is 4.79 Å². The molecule has 0 bridgehead atoms. The second kappa shape index (κ2) is 9.27. The number of amides is 1. The topological polar surface area (TPSA) is 47.6 Å². The molecule has 0 saturated carbocycles. The second-order valence-electron chi connectivity index (χ2n) is 7.06. The maximum Gasteiger partial charge on any atom is 0.261 e. The van der Waals surface area contributed by atoms with Crippen molar-refractivity contribution in [2.75, 3.05) is 6.61 Å². The highest BCUT2D eigenvalue weighted by Gasteiger charge is 2.20. The minimum Gasteiger partial charge on any atom is -0.491 e. The summed E-state index contributed by atoms with van der Waals surface area (Å²) in [6, 6.07) is 21.7. The van der Waals surface area contributed by atoms with Crippen LogP contribution in [-0.4, -0.2) is 24.7 Å². The molecule has 0 heterocycles. The zero-order valence-corrected chi connectivity index (χ0v) is 16.6. The second-order valence-corrected chi connectivity index (χ2v) is 7.06. The third-order valence-electron chi connectivity index (χ3n) is 4.57. The molecule has 28 heavy (non-hydrogen) atoms. The number of fused-ring (bicyclic) bond motifs is 1. The van der Waals surface area contributed by atoms with Crippen molar-refractivity contribution in [2.24, 2.45) is 0 Å². The van der Waals surface area contributed by atoms with Gasteiger partial charge in [0.2, 0.25) is 0 Å². The third-order valence-corrected chi connectivity index (χ3v) is 4.57. The Morgan fingerprint density at radius 3 is 2.36 bits per heavy atom. The Labute approximate surface area is 166 Å². The molecule has 3 aromatic rings. The van der Waals surface area contributed by atoms with Gasteiger partial charge in [-0.25, -0.2) is 0 Å². The fourth-order valence-corrected chi connectivity index (χ4v) is 2.96. The van der Waals surface area contributed by atoms with E-state index in [2.05, 4.69) is 11.4 Å². The number of hydrogen-bond donors (Lipinski definition) is 1. The van der Waals surface area contributed by atoms with E-state index >= 15 is 0 Å². The smallest absolute Gasteiger partial charge is 0.261 e. The highest BCUT2D eigenvalue weighted by molar-refractivity contribution is 5.84. The van der Waals surface area contributed by atoms with E-state index in [0.717, 1.165) is 16.5 Å². The number of hydrogen-bond acceptors (Lipinski definition) is 3. The van der Waals surface area contributed by atoms with E-state index in [4.69, 9.17) is 9.47 Å². The molecule has 146 valence electrons. The first-order chi connectivity index (χ1) is 13.5. The minimum atomic E-state index is -0.539. The van der Waals surface area contributed by atoms with Crippen molar-refractivity contribution in [2.45, 2.75) is 39.3 Å². The van der Waals surface area contributed by atoms with E-state index in [-0.39, 0.29) is 11.9 Å². The largest absolute Gasteiger partial charge is 0.491 e. The van der Waals surface area contributed by atoms with Crippen LogP contribution in [0.3, 0.4) is 0 Å². The van der Waals surface area contributed by atoms with E-state index in [1.165, 1.54) is 5.56 Å². The fraction of sp³-hybridized carbons (Fsp3) is 0.292. The van der Waals surface area contributed by atoms with Gasteiger partial charge in [0.15, 0.2) is 6.10 Å². The lowest BCUT2D eigenvalue weighted by Gasteiger charge is -2.21. The average Bonchev–Trinajstić information content (AvgIpc) is 2.71. The van der Waals surface area contributed by atoms with Crippen molar-refractivity contribution in [3.05, 3.63) is 72.3 Å². The van der Waals surface area contributed by atoms with E-state index in [1.54, 1.807) is 0 Å². The van der Waals surface area contributed by atoms with Gasteiger partial charge in [-0.05, 0) is 55.3 Å². The SMILES string of the molecule is CC[C@@H](Oc1ccc2ccccc2c1)C(=O)N[C@H](C)COc1ccc(C)cc1. The zero-order chi connectivity index (χ0) is 19.9. The zero-order valence-electron chi connectivity index (χ0n) is 16.6. The molecule has 2 atom stereocenters. The van der Waals surface area contributed by atoms with Gasteiger partial charge >= 0.3 is 0 Å². The molecule has 0 fully saturated rings. The number of nitrogens with one attached hydrogen (secondary N) is 1. The maximum atomic E-state index is 12.6. The summed E-state index contributed by atoms with van der Waals surface area (Å²) in [7, 11) is 0. The summed E-state index contributed by atoms with van der Waals surface area (Å²) < 4.78 is 11.7. The first-order valence-electron chi connectivity index (χ1n) is 9.70. The molecule has 4 nitrogen and oxygen atoms in total. The van der Waals surface area contributed by atoms with Crippen molar-refractivity contribution in [1.82, 2.24) is 5.32 Å². The van der Waals surface area contributed by atoms with Crippen LogP contribution < -0.4 is 14.8 Å². The summed E-state index contributed by atoms with van der Waals surface area (Å²) in [4.78, 5) is 12.6. The predicted molar refractivity (Wildman–Crippen MR) is 113 cm³/mol. The fourth-order valence-electron chi connectivity index (χ4n) is 2.96. The summed E-state index contributed by atoms with van der Waals surface area (Å²) in [5.74, 6) is 1.37. The lowest BCUT2D eigenvalue weighted by Crippen LogP contribution is -2.44.